The van der Waals surface area contributed by atoms with Crippen molar-refractivity contribution in [2.24, 2.45) is 0 Å². The highest BCUT2D eigenvalue weighted by atomic mass is 19.4. The fraction of sp³-hybridized carbons (Fsp3) is 0.333. The molecule has 0 saturated heterocycles. The van der Waals surface area contributed by atoms with Gasteiger partial charge < -0.3 is 9.14 Å². The Balaban J connectivity index is 0.000000575. The van der Waals surface area contributed by atoms with Crippen molar-refractivity contribution in [1.82, 2.24) is 9.38 Å². The van der Waals surface area contributed by atoms with Gasteiger partial charge in [-0.3, -0.25) is 4.79 Å². The Morgan fingerprint density at radius 2 is 1.70 bits per heavy atom. The Morgan fingerprint density at radius 3 is 2.17 bits per heavy atom. The molecule has 4 nitrogen and oxygen atoms in total. The smallest absolute Gasteiger partial charge is 0.459 e. The van der Waals surface area contributed by atoms with Crippen molar-refractivity contribution in [2.75, 3.05) is 6.61 Å². The maximum absolute atomic E-state index is 13.6. The molecule has 0 aliphatic heterocycles. The van der Waals surface area contributed by atoms with E-state index in [1.54, 1.807) is 13.8 Å². The lowest BCUT2D eigenvalue weighted by molar-refractivity contribution is -0.291. The summed E-state index contributed by atoms with van der Waals surface area (Å²) < 4.78 is 110. The molecule has 0 bridgehead atoms. The minimum absolute atomic E-state index is 0.252. The van der Waals surface area contributed by atoms with Gasteiger partial charge >= 0.3 is 18.3 Å². The molecule has 0 atom stereocenters. The van der Waals surface area contributed by atoms with Gasteiger partial charge in [0, 0.05) is 17.1 Å². The molecule has 0 radical (unpaired) electrons. The van der Waals surface area contributed by atoms with Crippen molar-refractivity contribution < 1.29 is 44.7 Å². The summed E-state index contributed by atoms with van der Waals surface area (Å²) in [7, 11) is 0. The van der Waals surface area contributed by atoms with Gasteiger partial charge in [-0.2, -0.15) is 35.1 Å². The number of rotatable bonds is 3. The fourth-order valence-electron chi connectivity index (χ4n) is 2.60. The second kappa shape index (κ2) is 8.07. The van der Waals surface area contributed by atoms with E-state index in [-0.39, 0.29) is 6.07 Å². The topological polar surface area (TPSA) is 43.6 Å². The van der Waals surface area contributed by atoms with Crippen LogP contribution in [0.25, 0.3) is 16.6 Å². The number of aromatic nitrogens is 2. The number of nitrogens with zero attached hydrogens (tertiary/aromatic N) is 2. The number of aryl methyl sites for hydroxylation is 1. The number of hydrogen-bond donors (Lipinski definition) is 0. The van der Waals surface area contributed by atoms with Crippen LogP contribution in [0, 0.1) is 6.92 Å². The van der Waals surface area contributed by atoms with E-state index >= 15 is 0 Å². The predicted molar refractivity (Wildman–Crippen MR) is 90.1 cm³/mol. The molecule has 3 heterocycles. The van der Waals surface area contributed by atoms with Crippen molar-refractivity contribution >= 4 is 23.0 Å². The van der Waals surface area contributed by atoms with E-state index in [0.29, 0.717) is 24.2 Å². The van der Waals surface area contributed by atoms with Crippen molar-refractivity contribution in [3.8, 4) is 0 Å². The first-order chi connectivity index (χ1) is 13.7. The van der Waals surface area contributed by atoms with Gasteiger partial charge in [0.1, 0.15) is 11.3 Å². The number of carbonyl (C=O) groups is 1. The summed E-state index contributed by atoms with van der Waals surface area (Å²) in [5.74, 6) is -5.52. The summed E-state index contributed by atoms with van der Waals surface area (Å²) >= 11 is 0. The van der Waals surface area contributed by atoms with Crippen LogP contribution in [-0.4, -0.2) is 28.6 Å². The van der Waals surface area contributed by atoms with Gasteiger partial charge in [0.15, 0.2) is 0 Å². The summed E-state index contributed by atoms with van der Waals surface area (Å²) in [6.07, 6.45) is -9.90. The summed E-state index contributed by atoms with van der Waals surface area (Å²) in [6.45, 7) is 4.26. The van der Waals surface area contributed by atoms with E-state index in [9.17, 15) is 39.9 Å². The van der Waals surface area contributed by atoms with Crippen LogP contribution in [-0.2, 0) is 21.6 Å². The van der Waals surface area contributed by atoms with E-state index in [0.717, 1.165) is 10.5 Å². The van der Waals surface area contributed by atoms with Crippen LogP contribution < -0.4 is 0 Å². The first kappa shape index (κ1) is 23.4. The molecule has 0 spiro atoms. The van der Waals surface area contributed by atoms with Crippen molar-refractivity contribution in [1.29, 1.82) is 0 Å². The van der Waals surface area contributed by atoms with Gasteiger partial charge in [0.05, 0.1) is 12.2 Å². The van der Waals surface area contributed by atoms with Gasteiger partial charge in [0.2, 0.25) is 0 Å². The first-order valence-electron chi connectivity index (χ1n) is 8.24. The fourth-order valence-corrected chi connectivity index (χ4v) is 2.60. The van der Waals surface area contributed by atoms with Crippen LogP contribution in [0.1, 0.15) is 23.7 Å². The largest absolute Gasteiger partial charge is 0.468 e. The molecule has 0 unspecified atom stereocenters. The van der Waals surface area contributed by atoms with E-state index < -0.39 is 40.6 Å². The quantitative estimate of drug-likeness (QED) is 0.389. The Kier molecular flexibility index (Phi) is 6.29. The maximum atomic E-state index is 13.6. The zero-order valence-corrected chi connectivity index (χ0v) is 15.4. The second-order valence-corrected chi connectivity index (χ2v) is 6.06. The molecule has 3 aromatic rings. The maximum Gasteiger partial charge on any atom is 0.459 e. The number of carbonyl (C=O) groups excluding carboxylic acids is 1. The number of ether oxygens (including phenoxy) is 1. The molecular formula is C18H14F8N2O2. The second-order valence-electron chi connectivity index (χ2n) is 6.06. The van der Waals surface area contributed by atoms with Gasteiger partial charge in [-0.05, 0) is 43.7 Å². The van der Waals surface area contributed by atoms with E-state index in [2.05, 4.69) is 9.72 Å². The minimum Gasteiger partial charge on any atom is -0.468 e. The standard InChI is InChI=1S/C15H8F8N2.C3H6O2/c1-7-4-8-2-3-9-10(14(18,19)20)5-11(13(16,17)15(21,22)23)24-12(9)25(8)6-7;1-2-5-3-4/h2-6H,1H3;3H,2H2,1H3. The monoisotopic (exact) mass is 442 g/mol. The number of alkyl halides is 8. The van der Waals surface area contributed by atoms with Crippen LogP contribution in [0.2, 0.25) is 0 Å². The number of halogens is 8. The van der Waals surface area contributed by atoms with E-state index in [1.165, 1.54) is 18.3 Å². The predicted octanol–water partition coefficient (Wildman–Crippen LogP) is 5.65. The molecule has 0 amide bonds. The molecule has 0 aliphatic carbocycles. The molecular weight excluding hydrogens is 428 g/mol. The van der Waals surface area contributed by atoms with E-state index in [4.69, 9.17) is 0 Å². The third-order valence-electron chi connectivity index (χ3n) is 3.89. The lowest BCUT2D eigenvalue weighted by Crippen LogP contribution is -2.35. The molecule has 0 fully saturated rings. The van der Waals surface area contributed by atoms with Crippen LogP contribution in [0.5, 0.6) is 0 Å². The van der Waals surface area contributed by atoms with Crippen LogP contribution >= 0.6 is 0 Å². The van der Waals surface area contributed by atoms with Crippen molar-refractivity contribution in [2.45, 2.75) is 32.1 Å². The van der Waals surface area contributed by atoms with Gasteiger partial charge in [-0.15, -0.1) is 0 Å². The Bertz CT molecular complexity index is 1050. The normalized spacial score (nSPS) is 12.6. The third-order valence-corrected chi connectivity index (χ3v) is 3.89. The third kappa shape index (κ3) is 4.46. The van der Waals surface area contributed by atoms with Crippen molar-refractivity contribution in [3.63, 3.8) is 0 Å². The van der Waals surface area contributed by atoms with Crippen LogP contribution in [0.4, 0.5) is 35.1 Å². The van der Waals surface area contributed by atoms with Gasteiger partial charge in [-0.1, -0.05) is 0 Å². The molecule has 0 saturated carbocycles. The summed E-state index contributed by atoms with van der Waals surface area (Å²) in [5.41, 5.74) is -3.34. The Morgan fingerprint density at radius 1 is 1.07 bits per heavy atom. The highest BCUT2D eigenvalue weighted by Crippen LogP contribution is 2.45. The van der Waals surface area contributed by atoms with Crippen molar-refractivity contribution in [3.05, 3.63) is 47.3 Å². The SMILES string of the molecule is CCOC=O.Cc1cc2ccc3c(C(F)(F)F)cc(C(F)(F)C(F)(F)F)nc3n2c1. The van der Waals surface area contributed by atoms with Crippen LogP contribution in [0.3, 0.4) is 0 Å². The average molecular weight is 442 g/mol. The Labute approximate surface area is 164 Å². The summed E-state index contributed by atoms with van der Waals surface area (Å²) in [5, 5.41) is -0.572. The molecule has 3 aromatic heterocycles. The summed E-state index contributed by atoms with van der Waals surface area (Å²) in [6, 6.07) is 3.57. The zero-order valence-electron chi connectivity index (χ0n) is 15.4. The molecule has 3 rings (SSSR count). The van der Waals surface area contributed by atoms with E-state index in [1.807, 2.05) is 0 Å². The number of hydrogen-bond acceptors (Lipinski definition) is 3. The van der Waals surface area contributed by atoms with Crippen LogP contribution in [0.15, 0.2) is 30.5 Å². The number of fused-ring (bicyclic) bond motifs is 3. The minimum atomic E-state index is -6.07. The highest BCUT2D eigenvalue weighted by Gasteiger charge is 2.60. The lowest BCUT2D eigenvalue weighted by Gasteiger charge is -2.21. The Hall–Kier alpha value is -2.92. The first-order valence-corrected chi connectivity index (χ1v) is 8.24. The molecule has 0 N–H and O–H groups in total. The van der Waals surface area contributed by atoms with Gasteiger partial charge in [-0.25, -0.2) is 4.98 Å². The molecule has 164 valence electrons. The summed E-state index contributed by atoms with van der Waals surface area (Å²) in [4.78, 5) is 12.4. The molecule has 12 heteroatoms. The zero-order chi connectivity index (χ0) is 22.9. The molecule has 30 heavy (non-hydrogen) atoms. The molecule has 0 aromatic carbocycles. The molecule has 0 aliphatic rings. The highest BCUT2D eigenvalue weighted by molar-refractivity contribution is 5.84. The van der Waals surface area contributed by atoms with Gasteiger partial charge in [0.25, 0.3) is 6.47 Å². The average Bonchev–Trinajstić information content (AvgIpc) is 3.01. The number of pyridine rings is 2. The lowest BCUT2D eigenvalue weighted by atomic mass is 10.1.